The monoisotopic (exact) mass is 321 g/mol. The van der Waals surface area contributed by atoms with E-state index in [0.717, 1.165) is 10.0 Å². The van der Waals surface area contributed by atoms with Gasteiger partial charge in [0.1, 0.15) is 0 Å². The second kappa shape index (κ2) is 5.79. The number of aromatic carboxylic acids is 1. The number of rotatable bonds is 4. The molecule has 0 aliphatic rings. The molecule has 2 aromatic rings. The predicted octanol–water partition coefficient (Wildman–Crippen LogP) is 3.11. The summed E-state index contributed by atoms with van der Waals surface area (Å²) in [5, 5.41) is 11.9. The molecular formula is C13H12BrN3O2. The van der Waals surface area contributed by atoms with Crippen LogP contribution >= 0.6 is 15.9 Å². The molecular weight excluding hydrogens is 310 g/mol. The summed E-state index contributed by atoms with van der Waals surface area (Å²) >= 11 is 3.38. The van der Waals surface area contributed by atoms with E-state index in [0.29, 0.717) is 5.95 Å². The number of nitrogens with one attached hydrogen (secondary N) is 1. The Balaban J connectivity index is 2.14. The highest BCUT2D eigenvalue weighted by Gasteiger charge is 2.09. The number of aromatic nitrogens is 2. The fourth-order valence-electron chi connectivity index (χ4n) is 1.58. The van der Waals surface area contributed by atoms with Crippen LogP contribution in [-0.2, 0) is 0 Å². The first kappa shape index (κ1) is 13.5. The molecule has 19 heavy (non-hydrogen) atoms. The van der Waals surface area contributed by atoms with Crippen LogP contribution in [0.2, 0.25) is 0 Å². The predicted molar refractivity (Wildman–Crippen MR) is 75.2 cm³/mol. The molecule has 6 heteroatoms. The van der Waals surface area contributed by atoms with E-state index in [4.69, 9.17) is 5.11 Å². The van der Waals surface area contributed by atoms with E-state index in [-0.39, 0.29) is 11.7 Å². The number of hydrogen-bond acceptors (Lipinski definition) is 4. The van der Waals surface area contributed by atoms with Crippen molar-refractivity contribution in [3.63, 3.8) is 0 Å². The number of carboxylic acid groups (broad SMARTS) is 1. The molecule has 1 heterocycles. The topological polar surface area (TPSA) is 75.1 Å². The Labute approximate surface area is 118 Å². The van der Waals surface area contributed by atoms with Gasteiger partial charge in [0.05, 0.1) is 6.04 Å². The van der Waals surface area contributed by atoms with Gasteiger partial charge in [0, 0.05) is 10.7 Å². The second-order valence-electron chi connectivity index (χ2n) is 3.99. The Hall–Kier alpha value is -1.95. The molecule has 0 amide bonds. The second-order valence-corrected chi connectivity index (χ2v) is 4.90. The smallest absolute Gasteiger partial charge is 0.354 e. The fourth-order valence-corrected chi connectivity index (χ4v) is 1.84. The lowest BCUT2D eigenvalue weighted by molar-refractivity contribution is 0.0690. The first-order valence-corrected chi connectivity index (χ1v) is 6.44. The van der Waals surface area contributed by atoms with Crippen LogP contribution in [0.15, 0.2) is 41.0 Å². The zero-order valence-electron chi connectivity index (χ0n) is 10.2. The summed E-state index contributed by atoms with van der Waals surface area (Å²) in [5.74, 6) is -0.767. The summed E-state index contributed by atoms with van der Waals surface area (Å²) in [7, 11) is 0. The maximum absolute atomic E-state index is 10.8. The molecule has 2 rings (SSSR count). The van der Waals surface area contributed by atoms with Crippen LogP contribution in [0.25, 0.3) is 0 Å². The summed E-state index contributed by atoms with van der Waals surface area (Å²) in [5.41, 5.74) is 1.04. The van der Waals surface area contributed by atoms with Gasteiger partial charge in [-0.25, -0.2) is 14.8 Å². The molecule has 0 aliphatic carbocycles. The molecule has 1 atom stereocenters. The Bertz CT molecular complexity index is 587. The first-order chi connectivity index (χ1) is 9.06. The quantitative estimate of drug-likeness (QED) is 0.905. The van der Waals surface area contributed by atoms with Gasteiger partial charge in [-0.2, -0.15) is 0 Å². The van der Waals surface area contributed by atoms with E-state index >= 15 is 0 Å². The average Bonchev–Trinajstić information content (AvgIpc) is 2.39. The molecule has 1 aromatic carbocycles. The Morgan fingerprint density at radius 3 is 2.63 bits per heavy atom. The zero-order valence-corrected chi connectivity index (χ0v) is 11.8. The number of anilines is 1. The molecule has 0 radical (unpaired) electrons. The minimum atomic E-state index is -1.07. The molecule has 0 aliphatic heterocycles. The van der Waals surface area contributed by atoms with Gasteiger partial charge in [-0.05, 0) is 30.7 Å². The highest BCUT2D eigenvalue weighted by molar-refractivity contribution is 9.10. The largest absolute Gasteiger partial charge is 0.477 e. The fraction of sp³-hybridized carbons (Fsp3) is 0.154. The lowest BCUT2D eigenvalue weighted by Gasteiger charge is -2.14. The summed E-state index contributed by atoms with van der Waals surface area (Å²) in [6, 6.07) is 9.19. The van der Waals surface area contributed by atoms with Gasteiger partial charge in [0.15, 0.2) is 5.69 Å². The van der Waals surface area contributed by atoms with Gasteiger partial charge in [0.2, 0.25) is 5.95 Å². The van der Waals surface area contributed by atoms with Gasteiger partial charge in [0.25, 0.3) is 0 Å². The molecule has 0 saturated heterocycles. The molecule has 98 valence electrons. The van der Waals surface area contributed by atoms with Crippen LogP contribution in [0.3, 0.4) is 0 Å². The van der Waals surface area contributed by atoms with E-state index in [1.807, 2.05) is 31.2 Å². The number of carbonyl (C=O) groups is 1. The van der Waals surface area contributed by atoms with Crippen molar-refractivity contribution in [1.29, 1.82) is 0 Å². The normalized spacial score (nSPS) is 11.9. The van der Waals surface area contributed by atoms with Gasteiger partial charge >= 0.3 is 5.97 Å². The van der Waals surface area contributed by atoms with Crippen LogP contribution in [0.4, 0.5) is 5.95 Å². The number of nitrogens with zero attached hydrogens (tertiary/aromatic N) is 2. The lowest BCUT2D eigenvalue weighted by Crippen LogP contribution is -2.11. The van der Waals surface area contributed by atoms with Crippen LogP contribution < -0.4 is 5.32 Å². The van der Waals surface area contributed by atoms with E-state index in [9.17, 15) is 4.79 Å². The van der Waals surface area contributed by atoms with Crippen LogP contribution in [-0.4, -0.2) is 21.0 Å². The lowest BCUT2D eigenvalue weighted by atomic mass is 10.1. The molecule has 2 N–H and O–H groups in total. The van der Waals surface area contributed by atoms with Crippen molar-refractivity contribution in [2.45, 2.75) is 13.0 Å². The van der Waals surface area contributed by atoms with Gasteiger partial charge in [-0.15, -0.1) is 0 Å². The highest BCUT2D eigenvalue weighted by Crippen LogP contribution is 2.19. The van der Waals surface area contributed by atoms with Crippen molar-refractivity contribution >= 4 is 27.8 Å². The average molecular weight is 322 g/mol. The molecule has 1 aromatic heterocycles. The summed E-state index contributed by atoms with van der Waals surface area (Å²) in [6.45, 7) is 1.96. The summed E-state index contributed by atoms with van der Waals surface area (Å²) in [4.78, 5) is 18.8. The first-order valence-electron chi connectivity index (χ1n) is 5.64. The number of hydrogen-bond donors (Lipinski definition) is 2. The number of carboxylic acids is 1. The highest BCUT2D eigenvalue weighted by atomic mass is 79.9. The zero-order chi connectivity index (χ0) is 13.8. The Kier molecular flexibility index (Phi) is 4.11. The van der Waals surface area contributed by atoms with E-state index in [1.54, 1.807) is 0 Å². The van der Waals surface area contributed by atoms with Gasteiger partial charge < -0.3 is 10.4 Å². The Morgan fingerprint density at radius 1 is 1.32 bits per heavy atom. The van der Waals surface area contributed by atoms with Crippen molar-refractivity contribution in [2.24, 2.45) is 0 Å². The third-order valence-electron chi connectivity index (χ3n) is 2.59. The van der Waals surface area contributed by atoms with E-state index in [2.05, 4.69) is 31.2 Å². The minimum Gasteiger partial charge on any atom is -0.477 e. The van der Waals surface area contributed by atoms with Crippen molar-refractivity contribution in [2.75, 3.05) is 5.32 Å². The van der Waals surface area contributed by atoms with Crippen molar-refractivity contribution in [3.05, 3.63) is 52.3 Å². The van der Waals surface area contributed by atoms with E-state index in [1.165, 1.54) is 12.3 Å². The Morgan fingerprint density at radius 2 is 2.00 bits per heavy atom. The molecule has 0 bridgehead atoms. The van der Waals surface area contributed by atoms with Crippen molar-refractivity contribution in [1.82, 2.24) is 9.97 Å². The molecule has 0 spiro atoms. The SMILES string of the molecule is CC(Nc1nccc(C(=O)O)n1)c1ccc(Br)cc1. The standard InChI is InChI=1S/C13H12BrN3O2/c1-8(9-2-4-10(14)5-3-9)16-13-15-7-6-11(17-13)12(18)19/h2-8H,1H3,(H,18,19)(H,15,16,17). The van der Waals surface area contributed by atoms with Gasteiger partial charge in [-0.3, -0.25) is 0 Å². The maximum Gasteiger partial charge on any atom is 0.354 e. The maximum atomic E-state index is 10.8. The summed E-state index contributed by atoms with van der Waals surface area (Å²) < 4.78 is 1.01. The third-order valence-corrected chi connectivity index (χ3v) is 3.12. The van der Waals surface area contributed by atoms with Gasteiger partial charge in [-0.1, -0.05) is 28.1 Å². The minimum absolute atomic E-state index is 0.0165. The van der Waals surface area contributed by atoms with E-state index < -0.39 is 5.97 Å². The van der Waals surface area contributed by atoms with Crippen LogP contribution in [0, 0.1) is 0 Å². The van der Waals surface area contributed by atoms with Crippen LogP contribution in [0.5, 0.6) is 0 Å². The van der Waals surface area contributed by atoms with Crippen molar-refractivity contribution in [3.8, 4) is 0 Å². The third kappa shape index (κ3) is 3.51. The van der Waals surface area contributed by atoms with Crippen molar-refractivity contribution < 1.29 is 9.90 Å². The molecule has 0 saturated carbocycles. The number of benzene rings is 1. The van der Waals surface area contributed by atoms with Crippen LogP contribution in [0.1, 0.15) is 29.0 Å². The molecule has 1 unspecified atom stereocenters. The molecule has 0 fully saturated rings. The molecule has 5 nitrogen and oxygen atoms in total. The summed E-state index contributed by atoms with van der Waals surface area (Å²) in [6.07, 6.45) is 1.42. The number of halogens is 1.